The van der Waals surface area contributed by atoms with Crippen molar-refractivity contribution in [1.82, 2.24) is 9.97 Å². The van der Waals surface area contributed by atoms with Gasteiger partial charge in [0.2, 0.25) is 0 Å². The van der Waals surface area contributed by atoms with Crippen molar-refractivity contribution in [2.45, 2.75) is 6.92 Å². The van der Waals surface area contributed by atoms with Gasteiger partial charge in [-0.25, -0.2) is 4.98 Å². The predicted molar refractivity (Wildman–Crippen MR) is 98.8 cm³/mol. The average Bonchev–Trinajstić information content (AvgIpc) is 3.14. The van der Waals surface area contributed by atoms with Crippen molar-refractivity contribution in [3.8, 4) is 0 Å². The number of aromatic nitrogens is 2. The van der Waals surface area contributed by atoms with E-state index in [-0.39, 0.29) is 22.8 Å². The Morgan fingerprint density at radius 2 is 1.85 bits per heavy atom. The number of amides is 2. The molecule has 0 unspecified atom stereocenters. The summed E-state index contributed by atoms with van der Waals surface area (Å²) < 4.78 is 0. The molecule has 0 saturated carbocycles. The molecule has 0 aliphatic heterocycles. The van der Waals surface area contributed by atoms with Gasteiger partial charge < -0.3 is 15.6 Å². The quantitative estimate of drug-likeness (QED) is 0.472. The van der Waals surface area contributed by atoms with Crippen LogP contribution in [0.3, 0.4) is 0 Å². The third-order valence-corrected chi connectivity index (χ3v) is 3.79. The topological polar surface area (TPSA) is 130 Å². The zero-order valence-electron chi connectivity index (χ0n) is 14.2. The van der Waals surface area contributed by atoms with E-state index in [1.807, 2.05) is 19.1 Å². The van der Waals surface area contributed by atoms with Crippen LogP contribution in [0.2, 0.25) is 0 Å². The summed E-state index contributed by atoms with van der Waals surface area (Å²) in [4.78, 5) is 41.8. The number of nitrogens with zero attached hydrogens (tertiary/aromatic N) is 2. The lowest BCUT2D eigenvalue weighted by atomic mass is 10.2. The molecule has 0 spiro atoms. The van der Waals surface area contributed by atoms with E-state index in [2.05, 4.69) is 20.6 Å². The first-order valence-electron chi connectivity index (χ1n) is 7.92. The number of imidazole rings is 1. The van der Waals surface area contributed by atoms with Crippen molar-refractivity contribution >= 4 is 28.9 Å². The number of benzene rings is 2. The fraction of sp³-hybridized carbons (Fsp3) is 0.0556. The highest BCUT2D eigenvalue weighted by Crippen LogP contribution is 2.19. The molecule has 27 heavy (non-hydrogen) atoms. The van der Waals surface area contributed by atoms with Gasteiger partial charge in [0.05, 0.1) is 11.3 Å². The second-order valence-corrected chi connectivity index (χ2v) is 5.66. The Bertz CT molecular complexity index is 1030. The normalized spacial score (nSPS) is 10.3. The molecule has 0 radical (unpaired) electrons. The Balaban J connectivity index is 1.79. The van der Waals surface area contributed by atoms with Crippen LogP contribution < -0.4 is 10.6 Å². The number of H-pyrrole nitrogens is 1. The summed E-state index contributed by atoms with van der Waals surface area (Å²) in [6, 6.07) is 12.7. The standard InChI is InChI=1S/C18H15N5O4/c1-11-5-2-3-8-14(11)22-18(25)16-15(19-10-20-16)17(24)21-12-6-4-7-13(9-12)23(26)27/h2-10H,1H3,(H,19,20)(H,21,24)(H,22,25). The van der Waals surface area contributed by atoms with Gasteiger partial charge in [-0.05, 0) is 24.6 Å². The van der Waals surface area contributed by atoms with E-state index in [1.54, 1.807) is 12.1 Å². The van der Waals surface area contributed by atoms with E-state index in [0.29, 0.717) is 5.69 Å². The van der Waals surface area contributed by atoms with E-state index in [4.69, 9.17) is 0 Å². The lowest BCUT2D eigenvalue weighted by Crippen LogP contribution is -2.20. The Morgan fingerprint density at radius 1 is 1.07 bits per heavy atom. The van der Waals surface area contributed by atoms with Crippen LogP contribution >= 0.6 is 0 Å². The fourth-order valence-electron chi connectivity index (χ4n) is 2.43. The Kier molecular flexibility index (Phi) is 4.93. The summed E-state index contributed by atoms with van der Waals surface area (Å²) in [5.41, 5.74) is 1.42. The summed E-state index contributed by atoms with van der Waals surface area (Å²) in [5.74, 6) is -1.18. The Morgan fingerprint density at radius 3 is 2.59 bits per heavy atom. The van der Waals surface area contributed by atoms with Crippen LogP contribution in [0, 0.1) is 17.0 Å². The number of nitro benzene ring substituents is 1. The third kappa shape index (κ3) is 3.98. The second-order valence-electron chi connectivity index (χ2n) is 5.66. The Labute approximate surface area is 153 Å². The van der Waals surface area contributed by atoms with Gasteiger partial charge >= 0.3 is 0 Å². The van der Waals surface area contributed by atoms with Crippen molar-refractivity contribution in [2.75, 3.05) is 10.6 Å². The molecule has 0 fully saturated rings. The van der Waals surface area contributed by atoms with Gasteiger partial charge in [-0.3, -0.25) is 19.7 Å². The van der Waals surface area contributed by atoms with E-state index < -0.39 is 16.7 Å². The molecule has 2 aromatic carbocycles. The number of carbonyl (C=O) groups excluding carboxylic acids is 2. The number of non-ortho nitro benzene ring substituents is 1. The van der Waals surface area contributed by atoms with E-state index in [9.17, 15) is 19.7 Å². The second kappa shape index (κ2) is 7.48. The van der Waals surface area contributed by atoms with Gasteiger partial charge in [-0.2, -0.15) is 0 Å². The lowest BCUT2D eigenvalue weighted by molar-refractivity contribution is -0.384. The van der Waals surface area contributed by atoms with Gasteiger partial charge in [-0.1, -0.05) is 24.3 Å². The van der Waals surface area contributed by atoms with Gasteiger partial charge in [0.1, 0.15) is 5.69 Å². The van der Waals surface area contributed by atoms with Gasteiger partial charge in [0.25, 0.3) is 17.5 Å². The van der Waals surface area contributed by atoms with Crippen molar-refractivity contribution in [1.29, 1.82) is 0 Å². The molecule has 9 nitrogen and oxygen atoms in total. The molecule has 3 N–H and O–H groups in total. The first-order chi connectivity index (χ1) is 13.0. The zero-order chi connectivity index (χ0) is 19.4. The van der Waals surface area contributed by atoms with Crippen LogP contribution in [-0.4, -0.2) is 26.7 Å². The van der Waals surface area contributed by atoms with Crippen molar-refractivity contribution in [3.05, 3.63) is 81.9 Å². The molecular weight excluding hydrogens is 350 g/mol. The van der Waals surface area contributed by atoms with Gasteiger partial charge in [-0.15, -0.1) is 0 Å². The third-order valence-electron chi connectivity index (χ3n) is 3.79. The number of nitro groups is 1. The number of nitrogens with one attached hydrogen (secondary N) is 3. The van der Waals surface area contributed by atoms with Crippen molar-refractivity contribution < 1.29 is 14.5 Å². The van der Waals surface area contributed by atoms with E-state index in [1.165, 1.54) is 30.6 Å². The molecule has 2 amide bonds. The monoisotopic (exact) mass is 365 g/mol. The maximum absolute atomic E-state index is 12.5. The highest BCUT2D eigenvalue weighted by molar-refractivity contribution is 6.13. The molecule has 3 rings (SSSR count). The van der Waals surface area contributed by atoms with Gasteiger partial charge in [0.15, 0.2) is 5.69 Å². The Hall–Kier alpha value is -4.01. The molecule has 0 saturated heterocycles. The summed E-state index contributed by atoms with van der Waals surface area (Å²) in [7, 11) is 0. The number of hydrogen-bond donors (Lipinski definition) is 3. The largest absolute Gasteiger partial charge is 0.340 e. The van der Waals surface area contributed by atoms with Crippen LogP contribution in [0.1, 0.15) is 26.5 Å². The molecule has 0 atom stereocenters. The zero-order valence-corrected chi connectivity index (χ0v) is 14.2. The summed E-state index contributed by atoms with van der Waals surface area (Å²) in [6.07, 6.45) is 1.23. The number of carbonyl (C=O) groups is 2. The van der Waals surface area contributed by atoms with E-state index >= 15 is 0 Å². The van der Waals surface area contributed by atoms with Gasteiger partial charge in [0, 0.05) is 23.5 Å². The maximum Gasteiger partial charge on any atom is 0.276 e. The molecule has 0 aliphatic carbocycles. The summed E-state index contributed by atoms with van der Waals surface area (Å²) in [6.45, 7) is 1.85. The number of para-hydroxylation sites is 1. The number of aromatic amines is 1. The first kappa shape index (κ1) is 17.8. The van der Waals surface area contributed by atoms with Crippen LogP contribution in [-0.2, 0) is 0 Å². The van der Waals surface area contributed by atoms with Crippen molar-refractivity contribution in [2.24, 2.45) is 0 Å². The lowest BCUT2D eigenvalue weighted by Gasteiger charge is -2.08. The number of rotatable bonds is 5. The molecule has 1 heterocycles. The predicted octanol–water partition coefficient (Wildman–Crippen LogP) is 3.13. The minimum Gasteiger partial charge on any atom is -0.340 e. The smallest absolute Gasteiger partial charge is 0.276 e. The molecule has 0 aliphatic rings. The fourth-order valence-corrected chi connectivity index (χ4v) is 2.43. The molecular formula is C18H15N5O4. The molecule has 3 aromatic rings. The molecule has 9 heteroatoms. The SMILES string of the molecule is Cc1ccccc1NC(=O)c1[nH]cnc1C(=O)Nc1cccc([N+](=O)[O-])c1. The highest BCUT2D eigenvalue weighted by Gasteiger charge is 2.21. The van der Waals surface area contributed by atoms with Crippen LogP contribution in [0.25, 0.3) is 0 Å². The average molecular weight is 365 g/mol. The van der Waals surface area contributed by atoms with Crippen LogP contribution in [0.5, 0.6) is 0 Å². The van der Waals surface area contributed by atoms with Crippen LogP contribution in [0.15, 0.2) is 54.9 Å². The number of anilines is 2. The number of aryl methyl sites for hydroxylation is 1. The van der Waals surface area contributed by atoms with E-state index in [0.717, 1.165) is 5.56 Å². The minimum atomic E-state index is -0.660. The van der Waals surface area contributed by atoms with Crippen molar-refractivity contribution in [3.63, 3.8) is 0 Å². The molecule has 136 valence electrons. The summed E-state index contributed by atoms with van der Waals surface area (Å²) in [5, 5.41) is 16.1. The van der Waals surface area contributed by atoms with Crippen LogP contribution in [0.4, 0.5) is 17.1 Å². The first-order valence-corrected chi connectivity index (χ1v) is 7.92. The number of hydrogen-bond acceptors (Lipinski definition) is 5. The molecule has 0 bridgehead atoms. The highest BCUT2D eigenvalue weighted by atomic mass is 16.6. The minimum absolute atomic E-state index is 0.0128. The molecule has 1 aromatic heterocycles. The summed E-state index contributed by atoms with van der Waals surface area (Å²) >= 11 is 0. The maximum atomic E-state index is 12.5.